The zero-order valence-corrected chi connectivity index (χ0v) is 16.6. The number of thioether (sulfide) groups is 1. The number of nitrogens with zero attached hydrogens (tertiary/aromatic N) is 3. The molecule has 1 aromatic carbocycles. The molecule has 0 bridgehead atoms. The van der Waals surface area contributed by atoms with Crippen molar-refractivity contribution in [3.05, 3.63) is 51.9 Å². The van der Waals surface area contributed by atoms with Crippen LogP contribution in [-0.2, 0) is 14.8 Å². The van der Waals surface area contributed by atoms with Gasteiger partial charge < -0.3 is 9.88 Å². The minimum absolute atomic E-state index is 0.0212. The fourth-order valence-electron chi connectivity index (χ4n) is 2.66. The van der Waals surface area contributed by atoms with E-state index in [-0.39, 0.29) is 35.3 Å². The summed E-state index contributed by atoms with van der Waals surface area (Å²) in [7, 11) is -3.63. The maximum absolute atomic E-state index is 12.7. The fraction of sp³-hybridized carbons (Fsp3) is 0.353. The lowest BCUT2D eigenvalue weighted by molar-refractivity contribution is -0.127. The maximum Gasteiger partial charge on any atom is 0.251 e. The van der Waals surface area contributed by atoms with Crippen LogP contribution in [0.15, 0.2) is 45.2 Å². The molecule has 144 valence electrons. The zero-order chi connectivity index (χ0) is 19.6. The number of hydrogen-bond acceptors (Lipinski definition) is 6. The molecule has 3 rings (SSSR count). The Hall–Kier alpha value is -2.17. The van der Waals surface area contributed by atoms with Crippen LogP contribution in [0.2, 0.25) is 0 Å². The van der Waals surface area contributed by atoms with Crippen molar-refractivity contribution in [3.63, 3.8) is 0 Å². The van der Waals surface area contributed by atoms with Gasteiger partial charge in [-0.25, -0.2) is 13.4 Å². The average Bonchev–Trinajstić information content (AvgIpc) is 3.10. The number of carbonyl (C=O) groups excluding carboxylic acids is 1. The Morgan fingerprint density at radius 2 is 1.93 bits per heavy atom. The molecule has 1 saturated heterocycles. The van der Waals surface area contributed by atoms with Crippen molar-refractivity contribution in [2.45, 2.75) is 23.9 Å². The van der Waals surface area contributed by atoms with Gasteiger partial charge in [0.05, 0.1) is 17.3 Å². The normalized spacial score (nSPS) is 15.3. The van der Waals surface area contributed by atoms with Gasteiger partial charge in [-0.1, -0.05) is 29.5 Å². The van der Waals surface area contributed by atoms with Gasteiger partial charge >= 0.3 is 0 Å². The highest BCUT2D eigenvalue weighted by molar-refractivity contribution is 7.99. The molecule has 2 aromatic rings. The van der Waals surface area contributed by atoms with E-state index in [4.69, 9.17) is 0 Å². The van der Waals surface area contributed by atoms with Gasteiger partial charge in [0.1, 0.15) is 0 Å². The van der Waals surface area contributed by atoms with Crippen LogP contribution in [0.25, 0.3) is 0 Å². The number of nitrogens with one attached hydrogen (secondary N) is 1. The third-order valence-corrected chi connectivity index (χ3v) is 6.84. The summed E-state index contributed by atoms with van der Waals surface area (Å²) in [5.74, 6) is -0.129. The predicted octanol–water partition coefficient (Wildman–Crippen LogP) is 0.969. The summed E-state index contributed by atoms with van der Waals surface area (Å²) < 4.78 is 26.7. The molecule has 0 radical (unpaired) electrons. The van der Waals surface area contributed by atoms with E-state index in [1.165, 1.54) is 15.3 Å². The molecule has 1 aliphatic heterocycles. The predicted molar refractivity (Wildman–Crippen MR) is 102 cm³/mol. The number of aromatic nitrogens is 2. The van der Waals surface area contributed by atoms with Crippen LogP contribution in [0, 0.1) is 13.8 Å². The van der Waals surface area contributed by atoms with Crippen molar-refractivity contribution in [2.75, 3.05) is 25.5 Å². The first-order valence-electron chi connectivity index (χ1n) is 8.31. The molecule has 27 heavy (non-hydrogen) atoms. The largest absolute Gasteiger partial charge is 0.327 e. The molecule has 10 heteroatoms. The highest BCUT2D eigenvalue weighted by Gasteiger charge is 2.33. The van der Waals surface area contributed by atoms with Gasteiger partial charge in [0.25, 0.3) is 5.56 Å². The summed E-state index contributed by atoms with van der Waals surface area (Å²) in [6.07, 6.45) is 0. The molecule has 0 spiro atoms. The third kappa shape index (κ3) is 4.57. The monoisotopic (exact) mass is 408 g/mol. The Bertz CT molecular complexity index is 1000. The standard InChI is InChI=1S/C17H20N4O4S2/c1-12-3-5-14(6-4-12)27(24,25)21-8-7-20(11-21)16(23)10-26-17-18-13(2)9-15(22)19-17/h3-6,9H,7-8,10-11H2,1-2H3,(H,18,19,22). The molecule has 0 saturated carbocycles. The maximum atomic E-state index is 12.7. The summed E-state index contributed by atoms with van der Waals surface area (Å²) in [4.78, 5) is 32.3. The highest BCUT2D eigenvalue weighted by Crippen LogP contribution is 2.21. The van der Waals surface area contributed by atoms with Gasteiger partial charge in [-0.05, 0) is 26.0 Å². The van der Waals surface area contributed by atoms with Crippen LogP contribution in [0.3, 0.4) is 0 Å². The number of carbonyl (C=O) groups is 1. The molecule has 0 atom stereocenters. The number of sulfonamides is 1. The van der Waals surface area contributed by atoms with Crippen molar-refractivity contribution in [1.29, 1.82) is 0 Å². The molecule has 2 heterocycles. The second kappa shape index (κ2) is 7.83. The van der Waals surface area contributed by atoms with Crippen molar-refractivity contribution in [2.24, 2.45) is 0 Å². The molecular weight excluding hydrogens is 388 g/mol. The minimum atomic E-state index is -3.63. The first-order chi connectivity index (χ1) is 12.8. The second-order valence-corrected chi connectivity index (χ2v) is 9.17. The summed E-state index contributed by atoms with van der Waals surface area (Å²) in [5, 5.41) is 0.372. The van der Waals surface area contributed by atoms with E-state index in [1.807, 2.05) is 6.92 Å². The van der Waals surface area contributed by atoms with Crippen molar-refractivity contribution in [1.82, 2.24) is 19.2 Å². The van der Waals surface area contributed by atoms with Gasteiger partial charge in [-0.2, -0.15) is 4.31 Å². The van der Waals surface area contributed by atoms with E-state index >= 15 is 0 Å². The Kier molecular flexibility index (Phi) is 5.68. The van der Waals surface area contributed by atoms with E-state index in [0.717, 1.165) is 17.3 Å². The Morgan fingerprint density at radius 3 is 2.59 bits per heavy atom. The first-order valence-corrected chi connectivity index (χ1v) is 10.7. The van der Waals surface area contributed by atoms with Gasteiger partial charge in [0.2, 0.25) is 15.9 Å². The molecule has 0 aliphatic carbocycles. The summed E-state index contributed by atoms with van der Waals surface area (Å²) in [6.45, 7) is 4.21. The number of benzene rings is 1. The van der Waals surface area contributed by atoms with Gasteiger partial charge in [-0.15, -0.1) is 0 Å². The third-order valence-electron chi connectivity index (χ3n) is 4.14. The van der Waals surface area contributed by atoms with Crippen LogP contribution in [0.5, 0.6) is 0 Å². The lowest BCUT2D eigenvalue weighted by Gasteiger charge is -2.18. The van der Waals surface area contributed by atoms with E-state index in [1.54, 1.807) is 31.2 Å². The summed E-state index contributed by atoms with van der Waals surface area (Å²) in [6, 6.07) is 8.02. The van der Waals surface area contributed by atoms with Gasteiger partial charge in [-0.3, -0.25) is 9.59 Å². The number of hydrogen-bond donors (Lipinski definition) is 1. The van der Waals surface area contributed by atoms with Gasteiger partial charge in [0.15, 0.2) is 5.16 Å². The van der Waals surface area contributed by atoms with E-state index in [9.17, 15) is 18.0 Å². The lowest BCUT2D eigenvalue weighted by atomic mass is 10.2. The number of amides is 1. The van der Waals surface area contributed by atoms with Crippen molar-refractivity contribution in [3.8, 4) is 0 Å². The van der Waals surface area contributed by atoms with Crippen molar-refractivity contribution < 1.29 is 13.2 Å². The summed E-state index contributed by atoms with van der Waals surface area (Å²) >= 11 is 1.12. The average molecular weight is 409 g/mol. The fourth-order valence-corrected chi connectivity index (χ4v) is 4.88. The van der Waals surface area contributed by atoms with Crippen LogP contribution in [0.1, 0.15) is 11.3 Å². The van der Waals surface area contributed by atoms with Crippen LogP contribution < -0.4 is 5.56 Å². The van der Waals surface area contributed by atoms with Crippen LogP contribution in [0.4, 0.5) is 0 Å². The van der Waals surface area contributed by atoms with E-state index in [2.05, 4.69) is 9.97 Å². The lowest BCUT2D eigenvalue weighted by Crippen LogP contribution is -2.34. The second-order valence-electron chi connectivity index (χ2n) is 6.27. The van der Waals surface area contributed by atoms with Crippen molar-refractivity contribution >= 4 is 27.7 Å². The molecule has 1 N–H and O–H groups in total. The molecule has 1 aliphatic rings. The summed E-state index contributed by atoms with van der Waals surface area (Å²) in [5.41, 5.74) is 1.28. The SMILES string of the molecule is Cc1ccc(S(=O)(=O)N2CCN(C(=O)CSc3nc(C)cc(=O)[nH]3)C2)cc1. The topological polar surface area (TPSA) is 103 Å². The van der Waals surface area contributed by atoms with E-state index in [0.29, 0.717) is 17.4 Å². The molecular formula is C17H20N4O4S2. The zero-order valence-electron chi connectivity index (χ0n) is 15.0. The Labute approximate surface area is 161 Å². The van der Waals surface area contributed by atoms with E-state index < -0.39 is 10.0 Å². The number of aromatic amines is 1. The Balaban J connectivity index is 1.62. The number of rotatable bonds is 5. The van der Waals surface area contributed by atoms with Crippen LogP contribution >= 0.6 is 11.8 Å². The molecule has 1 amide bonds. The smallest absolute Gasteiger partial charge is 0.251 e. The number of H-pyrrole nitrogens is 1. The van der Waals surface area contributed by atoms with Crippen LogP contribution in [-0.4, -0.2) is 59.0 Å². The highest BCUT2D eigenvalue weighted by atomic mass is 32.2. The minimum Gasteiger partial charge on any atom is -0.327 e. The molecule has 8 nitrogen and oxygen atoms in total. The van der Waals surface area contributed by atoms with Gasteiger partial charge in [0, 0.05) is 24.8 Å². The molecule has 1 fully saturated rings. The quantitative estimate of drug-likeness (QED) is 0.584. The molecule has 1 aromatic heterocycles. The molecule has 0 unspecified atom stereocenters. The Morgan fingerprint density at radius 1 is 1.22 bits per heavy atom. The number of aryl methyl sites for hydroxylation is 2. The first kappa shape index (κ1) is 19.6.